The third kappa shape index (κ3) is 3.37. The van der Waals surface area contributed by atoms with Gasteiger partial charge in [0.25, 0.3) is 0 Å². The summed E-state index contributed by atoms with van der Waals surface area (Å²) in [6, 6.07) is 11.8. The second kappa shape index (κ2) is 7.39. The number of hydrogen-bond donors (Lipinski definition) is 0. The quantitative estimate of drug-likeness (QED) is 0.626. The highest BCUT2D eigenvalue weighted by molar-refractivity contribution is 5.68. The van der Waals surface area contributed by atoms with Gasteiger partial charge in [-0.15, -0.1) is 0 Å². The third-order valence-electron chi connectivity index (χ3n) is 2.98. The van der Waals surface area contributed by atoms with Gasteiger partial charge < -0.3 is 0 Å². The van der Waals surface area contributed by atoms with Crippen molar-refractivity contribution in [3.05, 3.63) is 53.6 Å². The zero-order valence-electron chi connectivity index (χ0n) is 11.3. The SMILES string of the molecule is O=C=Nc1ccccc1Cc1c(N=C=O)cccc1N=C=O. The van der Waals surface area contributed by atoms with Crippen molar-refractivity contribution in [2.24, 2.45) is 15.0 Å². The first kappa shape index (κ1) is 15.0. The molecule has 0 N–H and O–H groups in total. The maximum Gasteiger partial charge on any atom is 0.240 e. The lowest BCUT2D eigenvalue weighted by molar-refractivity contribution is 0.564. The predicted molar refractivity (Wildman–Crippen MR) is 79.0 cm³/mol. The molecule has 0 atom stereocenters. The number of carbonyl (C=O) groups excluding carboxylic acids is 3. The molecule has 6 heteroatoms. The molecular formula is C16H9N3O3. The summed E-state index contributed by atoms with van der Waals surface area (Å²) in [7, 11) is 0. The van der Waals surface area contributed by atoms with Gasteiger partial charge in [0.1, 0.15) is 0 Å². The van der Waals surface area contributed by atoms with Gasteiger partial charge in [-0.05, 0) is 23.8 Å². The summed E-state index contributed by atoms with van der Waals surface area (Å²) in [4.78, 5) is 42.5. The van der Waals surface area contributed by atoms with E-state index in [0.717, 1.165) is 0 Å². The maximum atomic E-state index is 10.5. The van der Waals surface area contributed by atoms with Crippen LogP contribution in [0.25, 0.3) is 0 Å². The van der Waals surface area contributed by atoms with Gasteiger partial charge in [0, 0.05) is 12.0 Å². The normalized spacial score (nSPS) is 9.09. The van der Waals surface area contributed by atoms with Crippen molar-refractivity contribution in [3.63, 3.8) is 0 Å². The van der Waals surface area contributed by atoms with Gasteiger partial charge in [0.2, 0.25) is 18.2 Å². The smallest absolute Gasteiger partial charge is 0.211 e. The predicted octanol–water partition coefficient (Wildman–Crippen LogP) is 3.18. The van der Waals surface area contributed by atoms with E-state index >= 15 is 0 Å². The molecule has 0 bridgehead atoms. The zero-order valence-corrected chi connectivity index (χ0v) is 11.3. The summed E-state index contributed by atoms with van der Waals surface area (Å²) >= 11 is 0. The van der Waals surface area contributed by atoms with E-state index in [2.05, 4.69) is 15.0 Å². The van der Waals surface area contributed by atoms with Gasteiger partial charge in [-0.25, -0.2) is 14.4 Å². The van der Waals surface area contributed by atoms with Crippen LogP contribution in [0, 0.1) is 0 Å². The molecule has 0 saturated heterocycles. The molecule has 0 spiro atoms. The minimum absolute atomic E-state index is 0.281. The van der Waals surface area contributed by atoms with Crippen molar-refractivity contribution in [2.75, 3.05) is 0 Å². The number of isocyanates is 3. The lowest BCUT2D eigenvalue weighted by atomic mass is 10.00. The summed E-state index contributed by atoms with van der Waals surface area (Å²) in [5.41, 5.74) is 2.39. The van der Waals surface area contributed by atoms with Crippen molar-refractivity contribution < 1.29 is 14.4 Å². The molecule has 2 aromatic carbocycles. The van der Waals surface area contributed by atoms with E-state index < -0.39 is 0 Å². The molecule has 0 unspecified atom stereocenters. The van der Waals surface area contributed by atoms with Crippen molar-refractivity contribution in [2.45, 2.75) is 6.42 Å². The average molecular weight is 291 g/mol. The van der Waals surface area contributed by atoms with Crippen LogP contribution in [0.15, 0.2) is 57.4 Å². The lowest BCUT2D eigenvalue weighted by Crippen LogP contribution is -1.91. The minimum atomic E-state index is 0.281. The van der Waals surface area contributed by atoms with Gasteiger partial charge in [-0.2, -0.15) is 15.0 Å². The van der Waals surface area contributed by atoms with E-state index in [1.165, 1.54) is 18.2 Å². The maximum absolute atomic E-state index is 10.5. The fourth-order valence-corrected chi connectivity index (χ4v) is 2.06. The Hall–Kier alpha value is -3.42. The Labute approximate surface area is 125 Å². The molecule has 0 aliphatic heterocycles. The van der Waals surface area contributed by atoms with Gasteiger partial charge in [0.05, 0.1) is 17.1 Å². The molecule has 0 saturated carbocycles. The highest BCUT2D eigenvalue weighted by atomic mass is 16.1. The largest absolute Gasteiger partial charge is 0.240 e. The van der Waals surface area contributed by atoms with Crippen LogP contribution in [0.5, 0.6) is 0 Å². The lowest BCUT2D eigenvalue weighted by Gasteiger charge is -2.09. The summed E-state index contributed by atoms with van der Waals surface area (Å²) in [5, 5.41) is 0. The van der Waals surface area contributed by atoms with E-state index in [4.69, 9.17) is 0 Å². The van der Waals surface area contributed by atoms with Gasteiger partial charge in [-0.1, -0.05) is 24.3 Å². The van der Waals surface area contributed by atoms with E-state index in [1.807, 2.05) is 0 Å². The fourth-order valence-electron chi connectivity index (χ4n) is 2.06. The number of para-hydroxylation sites is 1. The second-order valence-corrected chi connectivity index (χ2v) is 4.19. The van der Waals surface area contributed by atoms with Crippen LogP contribution in [0.3, 0.4) is 0 Å². The molecule has 2 rings (SSSR count). The molecule has 0 aromatic heterocycles. The Bertz CT molecular complexity index is 805. The van der Waals surface area contributed by atoms with E-state index in [1.54, 1.807) is 42.5 Å². The molecule has 0 aliphatic rings. The molecule has 6 nitrogen and oxygen atoms in total. The van der Waals surface area contributed by atoms with Crippen molar-refractivity contribution in [1.29, 1.82) is 0 Å². The van der Waals surface area contributed by atoms with Gasteiger partial charge in [0.15, 0.2) is 0 Å². The average Bonchev–Trinajstić information content (AvgIpc) is 2.53. The zero-order chi connectivity index (χ0) is 15.8. The highest BCUT2D eigenvalue weighted by Crippen LogP contribution is 2.33. The van der Waals surface area contributed by atoms with Crippen molar-refractivity contribution in [3.8, 4) is 0 Å². The van der Waals surface area contributed by atoms with E-state index in [0.29, 0.717) is 28.2 Å². The van der Waals surface area contributed by atoms with Crippen molar-refractivity contribution in [1.82, 2.24) is 0 Å². The summed E-state index contributed by atoms with van der Waals surface area (Å²) in [5.74, 6) is 0. The molecule has 106 valence electrons. The van der Waals surface area contributed by atoms with Crippen LogP contribution in [-0.2, 0) is 20.8 Å². The van der Waals surface area contributed by atoms with Crippen LogP contribution in [0.1, 0.15) is 11.1 Å². The first-order valence-corrected chi connectivity index (χ1v) is 6.23. The Kier molecular flexibility index (Phi) is 5.03. The molecule has 0 radical (unpaired) electrons. The minimum Gasteiger partial charge on any atom is -0.211 e. The monoisotopic (exact) mass is 291 g/mol. The third-order valence-corrected chi connectivity index (χ3v) is 2.98. The van der Waals surface area contributed by atoms with Gasteiger partial charge in [-0.3, -0.25) is 0 Å². The Morgan fingerprint density at radius 3 is 1.77 bits per heavy atom. The van der Waals surface area contributed by atoms with Crippen molar-refractivity contribution >= 4 is 35.3 Å². The molecular weight excluding hydrogens is 282 g/mol. The van der Waals surface area contributed by atoms with Crippen LogP contribution in [0.2, 0.25) is 0 Å². The number of benzene rings is 2. The standard InChI is InChI=1S/C16H9N3O3/c20-9-17-14-5-2-1-4-12(14)8-13-15(18-10-21)6-3-7-16(13)19-11-22/h1-7H,8H2. The molecule has 2 aromatic rings. The molecule has 0 amide bonds. The highest BCUT2D eigenvalue weighted by Gasteiger charge is 2.11. The fraction of sp³-hybridized carbons (Fsp3) is 0.0625. The number of rotatable bonds is 5. The van der Waals surface area contributed by atoms with Gasteiger partial charge >= 0.3 is 0 Å². The Morgan fingerprint density at radius 2 is 1.18 bits per heavy atom. The summed E-state index contributed by atoms with van der Waals surface area (Å²) in [6.07, 6.45) is 4.71. The molecule has 0 heterocycles. The molecule has 0 fully saturated rings. The van der Waals surface area contributed by atoms with Crippen LogP contribution >= 0.6 is 0 Å². The first-order chi connectivity index (χ1) is 10.8. The summed E-state index contributed by atoms with van der Waals surface area (Å²) < 4.78 is 0. The second-order valence-electron chi connectivity index (χ2n) is 4.19. The first-order valence-electron chi connectivity index (χ1n) is 6.23. The molecule has 22 heavy (non-hydrogen) atoms. The Morgan fingerprint density at radius 1 is 0.682 bits per heavy atom. The van der Waals surface area contributed by atoms with E-state index in [-0.39, 0.29) is 6.42 Å². The van der Waals surface area contributed by atoms with Crippen LogP contribution < -0.4 is 0 Å². The summed E-state index contributed by atoms with van der Waals surface area (Å²) in [6.45, 7) is 0. The van der Waals surface area contributed by atoms with Crippen LogP contribution in [-0.4, -0.2) is 18.2 Å². The number of nitrogens with zero attached hydrogens (tertiary/aromatic N) is 3. The van der Waals surface area contributed by atoms with Crippen LogP contribution in [0.4, 0.5) is 17.1 Å². The van der Waals surface area contributed by atoms with E-state index in [9.17, 15) is 14.4 Å². The molecule has 0 aliphatic carbocycles. The number of hydrogen-bond acceptors (Lipinski definition) is 6. The Balaban J connectivity index is 2.59. The topological polar surface area (TPSA) is 88.3 Å². The number of aliphatic imine (C=N–C) groups is 3.